The molecule has 2 N–H and O–H groups in total. The number of anilines is 1. The Labute approximate surface area is 233 Å². The summed E-state index contributed by atoms with van der Waals surface area (Å²) in [5, 5.41) is 16.7. The number of rotatable bonds is 10. The van der Waals surface area contributed by atoms with E-state index in [4.69, 9.17) is 16.3 Å². The monoisotopic (exact) mass is 562 g/mol. The molecule has 4 rings (SSSR count). The molecule has 10 nitrogen and oxygen atoms in total. The van der Waals surface area contributed by atoms with Gasteiger partial charge in [-0.05, 0) is 65.4 Å². The summed E-state index contributed by atoms with van der Waals surface area (Å²) in [4.78, 5) is 38.0. The third-order valence-electron chi connectivity index (χ3n) is 5.65. The maximum Gasteiger partial charge on any atom is 0.338 e. The normalized spacial score (nSPS) is 11.7. The van der Waals surface area contributed by atoms with Gasteiger partial charge in [0.05, 0.1) is 23.5 Å². The predicted molar refractivity (Wildman–Crippen MR) is 146 cm³/mol. The fourth-order valence-electron chi connectivity index (χ4n) is 3.76. The highest BCUT2D eigenvalue weighted by molar-refractivity contribution is 6.30. The average molecular weight is 563 g/mol. The Morgan fingerprint density at radius 2 is 1.90 bits per heavy atom. The molecular weight excluding hydrogens is 539 g/mol. The summed E-state index contributed by atoms with van der Waals surface area (Å²) in [6, 6.07) is 16.6. The minimum absolute atomic E-state index is 0.0127. The number of amides is 2. The molecule has 0 spiro atoms. The molecule has 0 unspecified atom stereocenters. The Morgan fingerprint density at radius 1 is 1.10 bits per heavy atom. The average Bonchev–Trinajstić information content (AvgIpc) is 3.48. The van der Waals surface area contributed by atoms with Crippen LogP contribution in [0.4, 0.5) is 10.1 Å². The van der Waals surface area contributed by atoms with Crippen LogP contribution in [0, 0.1) is 5.82 Å². The lowest BCUT2D eigenvalue weighted by atomic mass is 10.0. The number of ether oxygens (including phenoxy) is 1. The molecule has 0 bridgehead atoms. The Hall–Kier alpha value is -4.90. The van der Waals surface area contributed by atoms with Crippen molar-refractivity contribution in [2.24, 2.45) is 0 Å². The maximum absolute atomic E-state index is 14.7. The van der Waals surface area contributed by atoms with E-state index in [-0.39, 0.29) is 24.3 Å². The van der Waals surface area contributed by atoms with Crippen molar-refractivity contribution in [2.75, 3.05) is 11.9 Å². The third kappa shape index (κ3) is 7.35. The standard InChI is InChI=1S/C28H24ClFN6O4/c1-2-40-28(39)20-8-11-23(22(30)16-20)33-27(38)24(14-18-6-4-3-5-7-18)32-26(37)13-9-19-15-21(29)10-12-25(19)36-17-31-34-35-36/h3-13,15-17,24H,2,14H2,1H3,(H,32,37)(H,33,38)/b13-9+/t24-/m0/s1. The largest absolute Gasteiger partial charge is 0.462 e. The molecule has 0 aliphatic heterocycles. The van der Waals surface area contributed by atoms with Crippen LogP contribution < -0.4 is 10.6 Å². The summed E-state index contributed by atoms with van der Waals surface area (Å²) in [6.07, 6.45) is 4.31. The van der Waals surface area contributed by atoms with Crippen molar-refractivity contribution in [1.29, 1.82) is 0 Å². The molecule has 12 heteroatoms. The number of halogens is 2. The molecule has 0 fully saturated rings. The zero-order chi connectivity index (χ0) is 28.5. The predicted octanol–water partition coefficient (Wildman–Crippen LogP) is 4.01. The molecule has 0 aliphatic carbocycles. The number of carbonyl (C=O) groups is 3. The lowest BCUT2D eigenvalue weighted by Gasteiger charge is -2.18. The number of esters is 1. The van der Waals surface area contributed by atoms with Gasteiger partial charge in [0.15, 0.2) is 0 Å². The Kier molecular flexibility index (Phi) is 9.31. The number of aromatic nitrogens is 4. The Morgan fingerprint density at radius 3 is 2.60 bits per heavy atom. The number of hydrogen-bond donors (Lipinski definition) is 2. The summed E-state index contributed by atoms with van der Waals surface area (Å²) in [6.45, 7) is 1.78. The van der Waals surface area contributed by atoms with Crippen molar-refractivity contribution < 1.29 is 23.5 Å². The van der Waals surface area contributed by atoms with Crippen LogP contribution in [0.3, 0.4) is 0 Å². The summed E-state index contributed by atoms with van der Waals surface area (Å²) in [5.74, 6) is -2.72. The molecule has 0 saturated carbocycles. The van der Waals surface area contributed by atoms with Crippen molar-refractivity contribution in [3.05, 3.63) is 107 Å². The molecule has 1 aromatic heterocycles. The van der Waals surface area contributed by atoms with Gasteiger partial charge < -0.3 is 15.4 Å². The van der Waals surface area contributed by atoms with Gasteiger partial charge in [-0.2, -0.15) is 4.68 Å². The lowest BCUT2D eigenvalue weighted by molar-refractivity contribution is -0.123. The number of hydrogen-bond acceptors (Lipinski definition) is 7. The fraction of sp³-hybridized carbons (Fsp3) is 0.143. The van der Waals surface area contributed by atoms with E-state index >= 15 is 0 Å². The van der Waals surface area contributed by atoms with Crippen LogP contribution in [0.5, 0.6) is 0 Å². The van der Waals surface area contributed by atoms with Crippen LogP contribution in [-0.2, 0) is 20.7 Å². The second-order valence-electron chi connectivity index (χ2n) is 8.45. The molecule has 1 heterocycles. The van der Waals surface area contributed by atoms with Gasteiger partial charge in [0.2, 0.25) is 11.8 Å². The molecule has 204 valence electrons. The van der Waals surface area contributed by atoms with Gasteiger partial charge in [-0.3, -0.25) is 9.59 Å². The summed E-state index contributed by atoms with van der Waals surface area (Å²) < 4.78 is 21.0. The topological polar surface area (TPSA) is 128 Å². The van der Waals surface area contributed by atoms with Gasteiger partial charge in [-0.25, -0.2) is 9.18 Å². The third-order valence-corrected chi connectivity index (χ3v) is 5.89. The van der Waals surface area contributed by atoms with Gasteiger partial charge in [-0.15, -0.1) is 5.10 Å². The zero-order valence-electron chi connectivity index (χ0n) is 21.3. The molecule has 2 amide bonds. The van der Waals surface area contributed by atoms with Gasteiger partial charge in [-0.1, -0.05) is 41.9 Å². The molecule has 1 atom stereocenters. The smallest absolute Gasteiger partial charge is 0.338 e. The SMILES string of the molecule is CCOC(=O)c1ccc(NC(=O)[C@H](Cc2ccccc2)NC(=O)/C=C/c2cc(Cl)ccc2-n2cnnn2)c(F)c1. The van der Waals surface area contributed by atoms with E-state index < -0.39 is 29.6 Å². The molecule has 40 heavy (non-hydrogen) atoms. The van der Waals surface area contributed by atoms with Crippen LogP contribution in [0.2, 0.25) is 5.02 Å². The first-order chi connectivity index (χ1) is 19.3. The van der Waals surface area contributed by atoms with Crippen LogP contribution in [0.1, 0.15) is 28.4 Å². The van der Waals surface area contributed by atoms with Crippen molar-refractivity contribution in [1.82, 2.24) is 25.5 Å². The van der Waals surface area contributed by atoms with Crippen molar-refractivity contribution in [3.63, 3.8) is 0 Å². The van der Waals surface area contributed by atoms with Gasteiger partial charge in [0.25, 0.3) is 0 Å². The minimum Gasteiger partial charge on any atom is -0.462 e. The van der Waals surface area contributed by atoms with Crippen molar-refractivity contribution in [3.8, 4) is 5.69 Å². The molecular formula is C28H24ClFN6O4. The quantitative estimate of drug-likeness (QED) is 0.221. The van der Waals surface area contributed by atoms with Crippen LogP contribution >= 0.6 is 11.6 Å². The van der Waals surface area contributed by atoms with E-state index in [9.17, 15) is 18.8 Å². The molecule has 0 saturated heterocycles. The first kappa shape index (κ1) is 28.1. The molecule has 0 radical (unpaired) electrons. The summed E-state index contributed by atoms with van der Waals surface area (Å²) in [5.41, 5.74) is 1.78. The van der Waals surface area contributed by atoms with Gasteiger partial charge in [0.1, 0.15) is 18.2 Å². The molecule has 4 aromatic rings. The van der Waals surface area contributed by atoms with Gasteiger partial charge >= 0.3 is 5.97 Å². The first-order valence-corrected chi connectivity index (χ1v) is 12.5. The van der Waals surface area contributed by atoms with Crippen molar-refractivity contribution in [2.45, 2.75) is 19.4 Å². The number of carbonyl (C=O) groups excluding carboxylic acids is 3. The maximum atomic E-state index is 14.7. The fourth-order valence-corrected chi connectivity index (χ4v) is 3.94. The summed E-state index contributed by atoms with van der Waals surface area (Å²) >= 11 is 6.14. The van der Waals surface area contributed by atoms with E-state index in [1.165, 1.54) is 35.3 Å². The zero-order valence-corrected chi connectivity index (χ0v) is 22.0. The highest BCUT2D eigenvalue weighted by Gasteiger charge is 2.22. The number of nitrogens with zero attached hydrogens (tertiary/aromatic N) is 4. The van der Waals surface area contributed by atoms with Gasteiger partial charge in [0, 0.05) is 23.1 Å². The Bertz CT molecular complexity index is 1530. The number of tetrazole rings is 1. The summed E-state index contributed by atoms with van der Waals surface area (Å²) in [7, 11) is 0. The Balaban J connectivity index is 1.52. The second kappa shape index (κ2) is 13.3. The first-order valence-electron chi connectivity index (χ1n) is 12.2. The van der Waals surface area contributed by atoms with E-state index in [0.717, 1.165) is 11.6 Å². The van der Waals surface area contributed by atoms with E-state index in [2.05, 4.69) is 26.2 Å². The van der Waals surface area contributed by atoms with Crippen LogP contribution in [0.15, 0.2) is 79.1 Å². The highest BCUT2D eigenvalue weighted by atomic mass is 35.5. The molecule has 3 aromatic carbocycles. The van der Waals surface area contributed by atoms with Crippen molar-refractivity contribution >= 4 is 41.1 Å². The lowest BCUT2D eigenvalue weighted by Crippen LogP contribution is -2.44. The van der Waals surface area contributed by atoms with E-state index in [0.29, 0.717) is 16.3 Å². The number of benzene rings is 3. The molecule has 0 aliphatic rings. The van der Waals surface area contributed by atoms with E-state index in [1.807, 2.05) is 6.07 Å². The highest BCUT2D eigenvalue weighted by Crippen LogP contribution is 2.21. The van der Waals surface area contributed by atoms with Crippen LogP contribution in [-0.4, -0.2) is 50.6 Å². The number of nitrogens with one attached hydrogen (secondary N) is 2. The van der Waals surface area contributed by atoms with Crippen LogP contribution in [0.25, 0.3) is 11.8 Å². The van der Waals surface area contributed by atoms with E-state index in [1.54, 1.807) is 49.4 Å². The second-order valence-corrected chi connectivity index (χ2v) is 8.88. The minimum atomic E-state index is -1.05.